The molecule has 0 aliphatic heterocycles. The van der Waals surface area contributed by atoms with E-state index >= 15 is 0 Å². The number of benzene rings is 1. The first-order valence-electron chi connectivity index (χ1n) is 7.50. The molecule has 114 valence electrons. The van der Waals surface area contributed by atoms with Crippen LogP contribution in [0.25, 0.3) is 0 Å². The number of nitrogens with one attached hydrogen (secondary N) is 1. The lowest BCUT2D eigenvalue weighted by atomic mass is 10.1. The fourth-order valence-corrected chi connectivity index (χ4v) is 3.81. The van der Waals surface area contributed by atoms with Crippen molar-refractivity contribution in [2.75, 3.05) is 0 Å². The van der Waals surface area contributed by atoms with Gasteiger partial charge in [-0.3, -0.25) is 0 Å². The van der Waals surface area contributed by atoms with Crippen LogP contribution in [-0.4, -0.2) is 5.54 Å². The predicted molar refractivity (Wildman–Crippen MR) is 96.3 cm³/mol. The summed E-state index contributed by atoms with van der Waals surface area (Å²) >= 11 is 3.85. The van der Waals surface area contributed by atoms with Gasteiger partial charge in [-0.2, -0.15) is 0 Å². The fraction of sp³-hybridized carbons (Fsp3) is 0.444. The van der Waals surface area contributed by atoms with Crippen LogP contribution < -0.4 is 5.32 Å². The second-order valence-electron chi connectivity index (χ2n) is 6.26. The van der Waals surface area contributed by atoms with Gasteiger partial charge in [0, 0.05) is 32.5 Å². The highest BCUT2D eigenvalue weighted by atomic mass is 32.2. The van der Waals surface area contributed by atoms with Crippen LogP contribution in [0.1, 0.15) is 43.0 Å². The molecule has 0 amide bonds. The molecule has 1 aromatic heterocycles. The summed E-state index contributed by atoms with van der Waals surface area (Å²) in [6.45, 7) is 9.74. The Morgan fingerprint density at radius 1 is 1.00 bits per heavy atom. The Balaban J connectivity index is 1.84. The van der Waals surface area contributed by atoms with E-state index in [1.54, 1.807) is 0 Å². The molecular formula is C18H25NS2. The van der Waals surface area contributed by atoms with Crippen LogP contribution >= 0.6 is 23.1 Å². The Bertz CT molecular complexity index is 549. The Kier molecular flexibility index (Phi) is 5.91. The van der Waals surface area contributed by atoms with Crippen LogP contribution in [0.15, 0.2) is 41.3 Å². The standard InChI is InChI=1S/C18H25NS2/c1-5-15-10-11-17(21-15)13-20-16-8-6-14(7-9-16)12-19-18(2,3)4/h6-11,19H,5,12-13H2,1-4H3. The lowest BCUT2D eigenvalue weighted by Crippen LogP contribution is -2.35. The van der Waals surface area contributed by atoms with Crippen molar-refractivity contribution in [2.24, 2.45) is 0 Å². The fourth-order valence-electron chi connectivity index (χ4n) is 1.92. The van der Waals surface area contributed by atoms with Crippen LogP contribution in [0.2, 0.25) is 0 Å². The van der Waals surface area contributed by atoms with Crippen molar-refractivity contribution >= 4 is 23.1 Å². The normalized spacial score (nSPS) is 11.8. The Morgan fingerprint density at radius 3 is 2.24 bits per heavy atom. The van der Waals surface area contributed by atoms with Crippen LogP contribution in [-0.2, 0) is 18.7 Å². The summed E-state index contributed by atoms with van der Waals surface area (Å²) in [4.78, 5) is 4.30. The van der Waals surface area contributed by atoms with E-state index in [9.17, 15) is 0 Å². The molecule has 1 aromatic carbocycles. The van der Waals surface area contributed by atoms with Gasteiger partial charge < -0.3 is 5.32 Å². The second kappa shape index (κ2) is 7.48. The van der Waals surface area contributed by atoms with Crippen molar-refractivity contribution in [3.8, 4) is 0 Å². The summed E-state index contributed by atoms with van der Waals surface area (Å²) in [5.41, 5.74) is 1.52. The summed E-state index contributed by atoms with van der Waals surface area (Å²) < 4.78 is 0. The molecule has 0 aliphatic carbocycles. The first-order valence-corrected chi connectivity index (χ1v) is 9.31. The van der Waals surface area contributed by atoms with Gasteiger partial charge >= 0.3 is 0 Å². The summed E-state index contributed by atoms with van der Waals surface area (Å²) in [6.07, 6.45) is 1.14. The van der Waals surface area contributed by atoms with Gasteiger partial charge in [0.25, 0.3) is 0 Å². The molecule has 0 atom stereocenters. The van der Waals surface area contributed by atoms with E-state index in [0.29, 0.717) is 0 Å². The van der Waals surface area contributed by atoms with E-state index in [4.69, 9.17) is 0 Å². The van der Waals surface area contributed by atoms with Gasteiger partial charge in [-0.1, -0.05) is 19.1 Å². The van der Waals surface area contributed by atoms with Gasteiger partial charge in [0.05, 0.1) is 0 Å². The first kappa shape index (κ1) is 16.6. The van der Waals surface area contributed by atoms with Crippen molar-refractivity contribution < 1.29 is 0 Å². The summed E-state index contributed by atoms with van der Waals surface area (Å²) in [5.74, 6) is 1.07. The van der Waals surface area contributed by atoms with E-state index in [0.717, 1.165) is 18.7 Å². The average molecular weight is 320 g/mol. The number of rotatable bonds is 6. The third-order valence-electron chi connectivity index (χ3n) is 3.19. The molecule has 2 aromatic rings. The van der Waals surface area contributed by atoms with Gasteiger partial charge in [0.1, 0.15) is 0 Å². The number of thioether (sulfide) groups is 1. The molecule has 1 heterocycles. The Labute approximate surface area is 137 Å². The van der Waals surface area contributed by atoms with E-state index < -0.39 is 0 Å². The third-order valence-corrected chi connectivity index (χ3v) is 5.67. The largest absolute Gasteiger partial charge is 0.308 e. The lowest BCUT2D eigenvalue weighted by Gasteiger charge is -2.20. The van der Waals surface area contributed by atoms with E-state index in [1.165, 1.54) is 20.2 Å². The van der Waals surface area contributed by atoms with Crippen molar-refractivity contribution in [1.29, 1.82) is 0 Å². The lowest BCUT2D eigenvalue weighted by molar-refractivity contribution is 0.424. The summed E-state index contributed by atoms with van der Waals surface area (Å²) in [6, 6.07) is 13.4. The number of thiophene rings is 1. The zero-order valence-electron chi connectivity index (χ0n) is 13.4. The maximum Gasteiger partial charge on any atom is 0.0326 e. The van der Waals surface area contributed by atoms with Gasteiger partial charge in [-0.05, 0) is 57.0 Å². The van der Waals surface area contributed by atoms with Crippen molar-refractivity contribution in [3.05, 3.63) is 51.7 Å². The summed E-state index contributed by atoms with van der Waals surface area (Å²) in [7, 11) is 0. The average Bonchev–Trinajstić information content (AvgIpc) is 2.91. The van der Waals surface area contributed by atoms with Crippen LogP contribution in [0, 0.1) is 0 Å². The minimum Gasteiger partial charge on any atom is -0.308 e. The molecular weight excluding hydrogens is 294 g/mol. The number of hydrogen-bond donors (Lipinski definition) is 1. The summed E-state index contributed by atoms with van der Waals surface area (Å²) in [5, 5.41) is 3.52. The SMILES string of the molecule is CCc1ccc(CSc2ccc(CNC(C)(C)C)cc2)s1. The van der Waals surface area contributed by atoms with Crippen LogP contribution in [0.4, 0.5) is 0 Å². The number of aryl methyl sites for hydroxylation is 1. The molecule has 0 saturated heterocycles. The molecule has 3 heteroatoms. The maximum atomic E-state index is 3.52. The zero-order chi connectivity index (χ0) is 15.3. The van der Waals surface area contributed by atoms with Crippen molar-refractivity contribution in [2.45, 2.75) is 56.8 Å². The molecule has 21 heavy (non-hydrogen) atoms. The van der Waals surface area contributed by atoms with Crippen molar-refractivity contribution in [3.63, 3.8) is 0 Å². The molecule has 0 fully saturated rings. The van der Waals surface area contributed by atoms with Crippen molar-refractivity contribution in [1.82, 2.24) is 5.32 Å². The highest BCUT2D eigenvalue weighted by molar-refractivity contribution is 7.98. The predicted octanol–water partition coefficient (Wildman–Crippen LogP) is 5.49. The molecule has 0 radical (unpaired) electrons. The van der Waals surface area contributed by atoms with E-state index in [1.807, 2.05) is 23.1 Å². The maximum absolute atomic E-state index is 3.52. The molecule has 0 bridgehead atoms. The molecule has 1 nitrogen and oxygen atoms in total. The Morgan fingerprint density at radius 2 is 1.67 bits per heavy atom. The van der Waals surface area contributed by atoms with Crippen LogP contribution in [0.5, 0.6) is 0 Å². The second-order valence-corrected chi connectivity index (χ2v) is 8.56. The number of hydrogen-bond acceptors (Lipinski definition) is 3. The first-order chi connectivity index (χ1) is 9.96. The molecule has 0 saturated carbocycles. The molecule has 1 N–H and O–H groups in total. The zero-order valence-corrected chi connectivity index (χ0v) is 15.0. The third kappa shape index (κ3) is 5.85. The van der Waals surface area contributed by atoms with Gasteiger partial charge in [-0.25, -0.2) is 0 Å². The minimum atomic E-state index is 0.170. The van der Waals surface area contributed by atoms with E-state index in [2.05, 4.69) is 69.4 Å². The monoisotopic (exact) mass is 319 g/mol. The van der Waals surface area contributed by atoms with Crippen LogP contribution in [0.3, 0.4) is 0 Å². The quantitative estimate of drug-likeness (QED) is 0.706. The highest BCUT2D eigenvalue weighted by Gasteiger charge is 2.08. The van der Waals surface area contributed by atoms with Gasteiger partial charge in [0.15, 0.2) is 0 Å². The van der Waals surface area contributed by atoms with Gasteiger partial charge in [-0.15, -0.1) is 23.1 Å². The smallest absolute Gasteiger partial charge is 0.0326 e. The van der Waals surface area contributed by atoms with Gasteiger partial charge in [0.2, 0.25) is 0 Å². The molecule has 2 rings (SSSR count). The Hall–Kier alpha value is -0.770. The molecule has 0 unspecified atom stereocenters. The minimum absolute atomic E-state index is 0.170. The molecule has 0 aliphatic rings. The van der Waals surface area contributed by atoms with E-state index in [-0.39, 0.29) is 5.54 Å². The highest BCUT2D eigenvalue weighted by Crippen LogP contribution is 2.27. The topological polar surface area (TPSA) is 12.0 Å². The molecule has 0 spiro atoms.